The van der Waals surface area contributed by atoms with Gasteiger partial charge in [-0.15, -0.1) is 0 Å². The molecule has 0 radical (unpaired) electrons. The van der Waals surface area contributed by atoms with E-state index in [2.05, 4.69) is 0 Å². The number of nitrogens with zero attached hydrogens (tertiary/aromatic N) is 2. The van der Waals surface area contributed by atoms with Crippen LogP contribution in [-0.2, 0) is 4.79 Å². The minimum absolute atomic E-state index is 0.0645. The maximum Gasteiger partial charge on any atom is 0.257 e. The van der Waals surface area contributed by atoms with Gasteiger partial charge in [-0.1, -0.05) is 11.6 Å². The molecule has 21 heavy (non-hydrogen) atoms. The molecule has 3 aliphatic heterocycles. The van der Waals surface area contributed by atoms with Gasteiger partial charge in [0.1, 0.15) is 5.75 Å². The predicted molar refractivity (Wildman–Crippen MR) is 78.3 cm³/mol. The molecule has 1 N–H and O–H groups in total. The van der Waals surface area contributed by atoms with E-state index in [1.165, 1.54) is 12.1 Å². The zero-order valence-electron chi connectivity index (χ0n) is 11.8. The first-order valence-electron chi connectivity index (χ1n) is 7.02. The molecule has 1 aromatic rings. The van der Waals surface area contributed by atoms with Crippen LogP contribution in [0.1, 0.15) is 23.2 Å². The summed E-state index contributed by atoms with van der Waals surface area (Å²) in [6.45, 7) is 0.931. The number of aromatic hydroxyl groups is 1. The summed E-state index contributed by atoms with van der Waals surface area (Å²) in [5.41, 5.74) is 0.232. The zero-order valence-corrected chi connectivity index (χ0v) is 12.5. The SMILES string of the molecule is CN1C(=O)[C@@H]2CC[C@H]1CN(C(=O)c1ccc(Cl)cc1O)C2. The number of phenolic OH excluding ortho intramolecular Hbond substituents is 1. The van der Waals surface area contributed by atoms with E-state index in [0.29, 0.717) is 18.1 Å². The molecule has 3 fully saturated rings. The van der Waals surface area contributed by atoms with E-state index in [9.17, 15) is 14.7 Å². The molecule has 0 unspecified atom stereocenters. The van der Waals surface area contributed by atoms with Crippen molar-refractivity contribution in [2.24, 2.45) is 5.92 Å². The van der Waals surface area contributed by atoms with Crippen molar-refractivity contribution in [1.29, 1.82) is 0 Å². The summed E-state index contributed by atoms with van der Waals surface area (Å²) < 4.78 is 0. The zero-order chi connectivity index (χ0) is 15.1. The van der Waals surface area contributed by atoms with Gasteiger partial charge in [-0.25, -0.2) is 0 Å². The van der Waals surface area contributed by atoms with E-state index in [1.807, 2.05) is 0 Å². The molecule has 0 aliphatic carbocycles. The first-order valence-corrected chi connectivity index (χ1v) is 7.39. The molecule has 5 nitrogen and oxygen atoms in total. The van der Waals surface area contributed by atoms with Crippen LogP contribution in [0.15, 0.2) is 18.2 Å². The Morgan fingerprint density at radius 3 is 2.81 bits per heavy atom. The summed E-state index contributed by atoms with van der Waals surface area (Å²) >= 11 is 5.79. The molecule has 3 aliphatic rings. The van der Waals surface area contributed by atoms with Gasteiger partial charge >= 0.3 is 0 Å². The topological polar surface area (TPSA) is 60.9 Å². The van der Waals surface area contributed by atoms with E-state index >= 15 is 0 Å². The summed E-state index contributed by atoms with van der Waals surface area (Å²) in [6, 6.07) is 4.53. The highest BCUT2D eigenvalue weighted by molar-refractivity contribution is 6.30. The first-order chi connectivity index (χ1) is 9.97. The summed E-state index contributed by atoms with van der Waals surface area (Å²) in [5.74, 6) is -0.387. The highest BCUT2D eigenvalue weighted by Gasteiger charge is 2.40. The van der Waals surface area contributed by atoms with Crippen LogP contribution >= 0.6 is 11.6 Å². The average Bonchev–Trinajstić information content (AvgIpc) is 2.72. The van der Waals surface area contributed by atoms with Crippen LogP contribution < -0.4 is 0 Å². The van der Waals surface area contributed by atoms with E-state index in [1.54, 1.807) is 22.9 Å². The van der Waals surface area contributed by atoms with Gasteiger partial charge in [0.2, 0.25) is 5.91 Å². The smallest absolute Gasteiger partial charge is 0.257 e. The fourth-order valence-electron chi connectivity index (χ4n) is 3.18. The van der Waals surface area contributed by atoms with Gasteiger partial charge in [-0.05, 0) is 31.0 Å². The van der Waals surface area contributed by atoms with Crippen molar-refractivity contribution in [2.45, 2.75) is 18.9 Å². The lowest BCUT2D eigenvalue weighted by Gasteiger charge is -2.32. The van der Waals surface area contributed by atoms with Gasteiger partial charge in [0, 0.05) is 31.2 Å². The van der Waals surface area contributed by atoms with E-state index < -0.39 is 0 Å². The van der Waals surface area contributed by atoms with Crippen LogP contribution in [0.2, 0.25) is 5.02 Å². The lowest BCUT2D eigenvalue weighted by Crippen LogP contribution is -2.45. The second kappa shape index (κ2) is 5.22. The van der Waals surface area contributed by atoms with Gasteiger partial charge in [-0.3, -0.25) is 9.59 Å². The molecule has 3 saturated heterocycles. The van der Waals surface area contributed by atoms with Crippen molar-refractivity contribution in [1.82, 2.24) is 9.80 Å². The Morgan fingerprint density at radius 2 is 2.10 bits per heavy atom. The van der Waals surface area contributed by atoms with Crippen LogP contribution in [0, 0.1) is 5.92 Å². The Balaban J connectivity index is 1.87. The van der Waals surface area contributed by atoms with Crippen LogP contribution in [0.4, 0.5) is 0 Å². The Labute approximate surface area is 128 Å². The Hall–Kier alpha value is -1.75. The summed E-state index contributed by atoms with van der Waals surface area (Å²) in [6.07, 6.45) is 1.74. The van der Waals surface area contributed by atoms with Crippen molar-refractivity contribution < 1.29 is 14.7 Å². The van der Waals surface area contributed by atoms with Crippen LogP contribution in [0.3, 0.4) is 0 Å². The molecule has 0 saturated carbocycles. The summed E-state index contributed by atoms with van der Waals surface area (Å²) in [4.78, 5) is 28.2. The lowest BCUT2D eigenvalue weighted by molar-refractivity contribution is -0.138. The van der Waals surface area contributed by atoms with E-state index in [0.717, 1.165) is 12.8 Å². The minimum atomic E-state index is -0.246. The van der Waals surface area contributed by atoms with Gasteiger partial charge < -0.3 is 14.9 Å². The predicted octanol–water partition coefficient (Wildman–Crippen LogP) is 1.74. The maximum absolute atomic E-state index is 12.6. The van der Waals surface area contributed by atoms with Crippen LogP contribution in [-0.4, -0.2) is 52.9 Å². The van der Waals surface area contributed by atoms with Crippen LogP contribution in [0.25, 0.3) is 0 Å². The van der Waals surface area contributed by atoms with Crippen molar-refractivity contribution in [2.75, 3.05) is 20.1 Å². The largest absolute Gasteiger partial charge is 0.507 e. The quantitative estimate of drug-likeness (QED) is 0.859. The minimum Gasteiger partial charge on any atom is -0.507 e. The summed E-state index contributed by atoms with van der Waals surface area (Å²) in [5, 5.41) is 10.3. The second-order valence-electron chi connectivity index (χ2n) is 5.75. The molecule has 2 atom stereocenters. The van der Waals surface area contributed by atoms with Crippen molar-refractivity contribution in [3.05, 3.63) is 28.8 Å². The molecular weight excluding hydrogens is 292 g/mol. The maximum atomic E-state index is 12.6. The highest BCUT2D eigenvalue weighted by Crippen LogP contribution is 2.30. The standard InChI is InChI=1S/C15H17ClN2O3/c1-17-11-4-2-9(14(17)20)7-18(8-11)15(21)12-5-3-10(16)6-13(12)19/h3,5-6,9,11,19H,2,4,7-8H2,1H3/t9-,11+/m1/s1. The number of halogens is 1. The first kappa shape index (κ1) is 14.2. The van der Waals surface area contributed by atoms with Crippen molar-refractivity contribution in [3.63, 3.8) is 0 Å². The fraction of sp³-hybridized carbons (Fsp3) is 0.467. The number of likely N-dealkylation sites (N-methyl/N-ethyl adjacent to an activating group) is 1. The van der Waals surface area contributed by atoms with E-state index in [4.69, 9.17) is 11.6 Å². The number of hydrogen-bond donors (Lipinski definition) is 1. The summed E-state index contributed by atoms with van der Waals surface area (Å²) in [7, 11) is 1.80. The number of amides is 2. The third-order valence-electron chi connectivity index (χ3n) is 4.44. The number of piperidine rings is 1. The molecule has 0 spiro atoms. The van der Waals surface area contributed by atoms with Gasteiger partial charge in [0.15, 0.2) is 0 Å². The third-order valence-corrected chi connectivity index (χ3v) is 4.68. The van der Waals surface area contributed by atoms with Crippen LogP contribution in [0.5, 0.6) is 5.75 Å². The molecule has 6 heteroatoms. The second-order valence-corrected chi connectivity index (χ2v) is 6.19. The number of carbonyl (C=O) groups is 2. The van der Waals surface area contributed by atoms with E-state index in [-0.39, 0.29) is 35.1 Å². The number of carbonyl (C=O) groups excluding carboxylic acids is 2. The molecule has 112 valence electrons. The lowest BCUT2D eigenvalue weighted by atomic mass is 9.95. The number of fused-ring (bicyclic) bond motifs is 4. The fourth-order valence-corrected chi connectivity index (χ4v) is 3.34. The number of hydrogen-bond acceptors (Lipinski definition) is 3. The molecular formula is C15H17ClN2O3. The number of phenols is 1. The van der Waals surface area contributed by atoms with Crippen molar-refractivity contribution >= 4 is 23.4 Å². The number of benzene rings is 1. The molecule has 2 bridgehead atoms. The molecule has 0 aromatic heterocycles. The Kier molecular flexibility index (Phi) is 3.53. The van der Waals surface area contributed by atoms with Gasteiger partial charge in [0.25, 0.3) is 5.91 Å². The monoisotopic (exact) mass is 308 g/mol. The highest BCUT2D eigenvalue weighted by atomic mass is 35.5. The Morgan fingerprint density at radius 1 is 1.33 bits per heavy atom. The molecule has 4 rings (SSSR count). The molecule has 2 amide bonds. The molecule has 3 heterocycles. The number of rotatable bonds is 1. The molecule has 1 aromatic carbocycles. The normalized spacial score (nSPS) is 25.1. The third kappa shape index (κ3) is 2.46. The van der Waals surface area contributed by atoms with Crippen molar-refractivity contribution in [3.8, 4) is 5.75 Å². The van der Waals surface area contributed by atoms with Gasteiger partial charge in [0.05, 0.1) is 11.5 Å². The Bertz CT molecular complexity index is 605. The average molecular weight is 309 g/mol. The van der Waals surface area contributed by atoms with Gasteiger partial charge in [-0.2, -0.15) is 0 Å².